The van der Waals surface area contributed by atoms with Crippen molar-refractivity contribution in [1.82, 2.24) is 10.2 Å². The molecule has 0 saturated heterocycles. The van der Waals surface area contributed by atoms with E-state index in [9.17, 15) is 0 Å². The van der Waals surface area contributed by atoms with E-state index in [0.29, 0.717) is 11.0 Å². The second kappa shape index (κ2) is 5.64. The van der Waals surface area contributed by atoms with E-state index in [0.717, 1.165) is 22.4 Å². The highest BCUT2D eigenvalue weighted by molar-refractivity contribution is 6.30. The third kappa shape index (κ3) is 3.35. The molecule has 0 aliphatic rings. The lowest BCUT2D eigenvalue weighted by atomic mass is 9.86. The molecule has 1 heterocycles. The lowest BCUT2D eigenvalue weighted by Gasteiger charge is -2.20. The number of rotatable bonds is 2. The molecule has 0 unspecified atom stereocenters. The summed E-state index contributed by atoms with van der Waals surface area (Å²) in [6, 6.07) is 6.23. The molecule has 0 amide bonds. The summed E-state index contributed by atoms with van der Waals surface area (Å²) in [5.41, 5.74) is 4.29. The van der Waals surface area contributed by atoms with Gasteiger partial charge in [-0.2, -0.15) is 0 Å². The SMILES string of the molecule is Cc1cc(C(C)(C)C)ccc1Oc1nnc(Cl)c(C)c1C. The van der Waals surface area contributed by atoms with Crippen LogP contribution in [-0.4, -0.2) is 10.2 Å². The number of halogens is 1. The standard InChI is InChI=1S/C17H21ClN2O/c1-10-9-13(17(4,5)6)7-8-14(10)21-16-12(3)11(2)15(18)19-20-16/h7-9H,1-6H3. The summed E-state index contributed by atoms with van der Waals surface area (Å²) in [4.78, 5) is 0. The highest BCUT2D eigenvalue weighted by Gasteiger charge is 2.16. The Morgan fingerprint density at radius 2 is 1.67 bits per heavy atom. The van der Waals surface area contributed by atoms with Crippen molar-refractivity contribution < 1.29 is 4.74 Å². The molecule has 2 rings (SSSR count). The highest BCUT2D eigenvalue weighted by atomic mass is 35.5. The number of ether oxygens (including phenoxy) is 1. The molecule has 0 saturated carbocycles. The van der Waals surface area contributed by atoms with Gasteiger partial charge in [0.2, 0.25) is 5.88 Å². The molecular weight excluding hydrogens is 284 g/mol. The predicted molar refractivity (Wildman–Crippen MR) is 86.5 cm³/mol. The molecule has 112 valence electrons. The topological polar surface area (TPSA) is 35.0 Å². The number of benzene rings is 1. The van der Waals surface area contributed by atoms with Crippen LogP contribution in [0.1, 0.15) is 43.0 Å². The molecular formula is C17H21ClN2O. The van der Waals surface area contributed by atoms with Crippen LogP contribution in [0.25, 0.3) is 0 Å². The summed E-state index contributed by atoms with van der Waals surface area (Å²) in [6.07, 6.45) is 0. The highest BCUT2D eigenvalue weighted by Crippen LogP contribution is 2.31. The third-order valence-corrected chi connectivity index (χ3v) is 4.03. The van der Waals surface area contributed by atoms with E-state index in [-0.39, 0.29) is 5.41 Å². The van der Waals surface area contributed by atoms with Gasteiger partial charge in [0.15, 0.2) is 5.15 Å². The summed E-state index contributed by atoms with van der Waals surface area (Å²) < 4.78 is 5.91. The van der Waals surface area contributed by atoms with Gasteiger partial charge in [0.1, 0.15) is 5.75 Å². The smallest absolute Gasteiger partial charge is 0.242 e. The van der Waals surface area contributed by atoms with Crippen LogP contribution in [0.2, 0.25) is 5.15 Å². The number of aromatic nitrogens is 2. The van der Waals surface area contributed by atoms with Gasteiger partial charge in [-0.15, -0.1) is 10.2 Å². The summed E-state index contributed by atoms with van der Waals surface area (Å²) in [6.45, 7) is 12.5. The van der Waals surface area contributed by atoms with Gasteiger partial charge in [-0.25, -0.2) is 0 Å². The quantitative estimate of drug-likeness (QED) is 0.770. The molecule has 21 heavy (non-hydrogen) atoms. The van der Waals surface area contributed by atoms with Gasteiger partial charge in [-0.3, -0.25) is 0 Å². The van der Waals surface area contributed by atoms with E-state index in [2.05, 4.69) is 43.1 Å². The molecule has 0 radical (unpaired) electrons. The Balaban J connectivity index is 2.35. The van der Waals surface area contributed by atoms with Crippen molar-refractivity contribution >= 4 is 11.6 Å². The Morgan fingerprint density at radius 1 is 1.00 bits per heavy atom. The van der Waals surface area contributed by atoms with Gasteiger partial charge in [0, 0.05) is 5.56 Å². The van der Waals surface area contributed by atoms with E-state index in [1.54, 1.807) is 0 Å². The van der Waals surface area contributed by atoms with E-state index in [1.165, 1.54) is 5.56 Å². The predicted octanol–water partition coefficient (Wildman–Crippen LogP) is 5.15. The number of hydrogen-bond donors (Lipinski definition) is 0. The van der Waals surface area contributed by atoms with Crippen molar-refractivity contribution in [2.24, 2.45) is 0 Å². The molecule has 0 aliphatic carbocycles. The van der Waals surface area contributed by atoms with E-state index in [4.69, 9.17) is 16.3 Å². The molecule has 3 nitrogen and oxygen atoms in total. The minimum absolute atomic E-state index is 0.121. The van der Waals surface area contributed by atoms with E-state index >= 15 is 0 Å². The molecule has 0 aliphatic heterocycles. The minimum Gasteiger partial charge on any atom is -0.437 e. The van der Waals surface area contributed by atoms with Crippen LogP contribution in [0.4, 0.5) is 0 Å². The number of nitrogens with zero attached hydrogens (tertiary/aromatic N) is 2. The largest absolute Gasteiger partial charge is 0.437 e. The second-order valence-corrected chi connectivity index (χ2v) is 6.74. The molecule has 0 atom stereocenters. The van der Waals surface area contributed by atoms with E-state index in [1.807, 2.05) is 26.8 Å². The van der Waals surface area contributed by atoms with Crippen molar-refractivity contribution in [1.29, 1.82) is 0 Å². The van der Waals surface area contributed by atoms with Crippen molar-refractivity contribution in [2.45, 2.75) is 47.0 Å². The molecule has 1 aromatic heterocycles. The fourth-order valence-electron chi connectivity index (χ4n) is 1.99. The van der Waals surface area contributed by atoms with Crippen LogP contribution in [0.5, 0.6) is 11.6 Å². The molecule has 0 fully saturated rings. The molecule has 0 N–H and O–H groups in total. The van der Waals surface area contributed by atoms with Crippen LogP contribution < -0.4 is 4.74 Å². The fraction of sp³-hybridized carbons (Fsp3) is 0.412. The summed E-state index contributed by atoms with van der Waals surface area (Å²) >= 11 is 5.96. The molecule has 0 bridgehead atoms. The normalized spacial score (nSPS) is 11.6. The van der Waals surface area contributed by atoms with Crippen molar-refractivity contribution in [3.8, 4) is 11.6 Å². The first-order valence-electron chi connectivity index (χ1n) is 6.98. The van der Waals surface area contributed by atoms with Gasteiger partial charge < -0.3 is 4.74 Å². The van der Waals surface area contributed by atoms with Crippen LogP contribution in [-0.2, 0) is 5.41 Å². The Morgan fingerprint density at radius 3 is 2.24 bits per heavy atom. The Hall–Kier alpha value is -1.61. The van der Waals surface area contributed by atoms with Gasteiger partial charge in [-0.05, 0) is 48.9 Å². The number of aryl methyl sites for hydroxylation is 1. The summed E-state index contributed by atoms with van der Waals surface area (Å²) in [5, 5.41) is 8.37. The maximum absolute atomic E-state index is 5.96. The summed E-state index contributed by atoms with van der Waals surface area (Å²) in [7, 11) is 0. The van der Waals surface area contributed by atoms with Gasteiger partial charge in [-0.1, -0.05) is 44.5 Å². The van der Waals surface area contributed by atoms with Crippen LogP contribution in [0.3, 0.4) is 0 Å². The lowest BCUT2D eigenvalue weighted by Crippen LogP contribution is -2.11. The maximum Gasteiger partial charge on any atom is 0.242 e. The Bertz CT molecular complexity index is 675. The fourth-order valence-corrected chi connectivity index (χ4v) is 2.17. The van der Waals surface area contributed by atoms with Gasteiger partial charge in [0.05, 0.1) is 0 Å². The van der Waals surface area contributed by atoms with Crippen LogP contribution >= 0.6 is 11.6 Å². The minimum atomic E-state index is 0.121. The van der Waals surface area contributed by atoms with Crippen molar-refractivity contribution in [2.75, 3.05) is 0 Å². The average molecular weight is 305 g/mol. The van der Waals surface area contributed by atoms with E-state index < -0.39 is 0 Å². The molecule has 4 heteroatoms. The number of hydrogen-bond acceptors (Lipinski definition) is 3. The maximum atomic E-state index is 5.96. The Labute approximate surface area is 131 Å². The van der Waals surface area contributed by atoms with Gasteiger partial charge in [0.25, 0.3) is 0 Å². The molecule has 2 aromatic rings. The van der Waals surface area contributed by atoms with Gasteiger partial charge >= 0.3 is 0 Å². The zero-order valence-corrected chi connectivity index (χ0v) is 14.2. The lowest BCUT2D eigenvalue weighted by molar-refractivity contribution is 0.446. The first-order valence-corrected chi connectivity index (χ1v) is 7.36. The van der Waals surface area contributed by atoms with Crippen LogP contribution in [0, 0.1) is 20.8 Å². The molecule has 0 spiro atoms. The first-order chi connectivity index (χ1) is 9.70. The average Bonchev–Trinajstić information content (AvgIpc) is 2.40. The van der Waals surface area contributed by atoms with Crippen LogP contribution in [0.15, 0.2) is 18.2 Å². The first kappa shape index (κ1) is 15.8. The molecule has 1 aromatic carbocycles. The second-order valence-electron chi connectivity index (χ2n) is 6.38. The Kier molecular flexibility index (Phi) is 4.24. The zero-order valence-electron chi connectivity index (χ0n) is 13.4. The van der Waals surface area contributed by atoms with Crippen molar-refractivity contribution in [3.05, 3.63) is 45.6 Å². The van der Waals surface area contributed by atoms with Crippen molar-refractivity contribution in [3.63, 3.8) is 0 Å². The zero-order chi connectivity index (χ0) is 15.8. The summed E-state index contributed by atoms with van der Waals surface area (Å²) in [5.74, 6) is 1.30. The monoisotopic (exact) mass is 304 g/mol. The third-order valence-electron chi connectivity index (χ3n) is 3.67.